The van der Waals surface area contributed by atoms with Gasteiger partial charge in [-0.2, -0.15) is 0 Å². The van der Waals surface area contributed by atoms with Gasteiger partial charge in [0.25, 0.3) is 5.91 Å². The van der Waals surface area contributed by atoms with Gasteiger partial charge in [-0.3, -0.25) is 4.79 Å². The number of hydrogen-bond acceptors (Lipinski definition) is 5. The van der Waals surface area contributed by atoms with E-state index in [2.05, 4.69) is 59.0 Å². The molecule has 174 valence electrons. The van der Waals surface area contributed by atoms with E-state index in [0.717, 1.165) is 36.5 Å². The molecule has 4 rings (SSSR count). The van der Waals surface area contributed by atoms with Crippen molar-refractivity contribution in [1.29, 1.82) is 0 Å². The molecule has 1 heterocycles. The zero-order valence-corrected chi connectivity index (χ0v) is 19.7. The predicted octanol–water partition coefficient (Wildman–Crippen LogP) is 4.94. The van der Waals surface area contributed by atoms with Crippen LogP contribution in [-0.2, 0) is 22.5 Å². The molecule has 0 aliphatic carbocycles. The Bertz CT molecular complexity index is 1220. The molecule has 34 heavy (non-hydrogen) atoms. The van der Waals surface area contributed by atoms with E-state index >= 15 is 0 Å². The Morgan fingerprint density at radius 3 is 2.44 bits per heavy atom. The third-order valence-corrected chi connectivity index (χ3v) is 5.92. The first-order valence-corrected chi connectivity index (χ1v) is 11.3. The number of methoxy groups -OCH3 is 1. The van der Waals surface area contributed by atoms with E-state index in [9.17, 15) is 9.59 Å². The Morgan fingerprint density at radius 1 is 1.00 bits per heavy atom. The van der Waals surface area contributed by atoms with Crippen molar-refractivity contribution >= 4 is 28.8 Å². The number of esters is 1. The molecule has 0 aromatic heterocycles. The Hall–Kier alpha value is -3.90. The van der Waals surface area contributed by atoms with E-state index in [4.69, 9.17) is 4.74 Å². The van der Waals surface area contributed by atoms with Crippen LogP contribution in [-0.4, -0.2) is 37.5 Å². The molecule has 0 fully saturated rings. The molecule has 0 atom stereocenters. The number of carbonyl (C=O) groups is 2. The smallest absolute Gasteiger partial charge is 0.337 e. The molecule has 0 saturated carbocycles. The third kappa shape index (κ3) is 5.35. The number of likely N-dealkylation sites (N-methyl/N-ethyl adjacent to an activating group) is 1. The fourth-order valence-corrected chi connectivity index (χ4v) is 4.12. The summed E-state index contributed by atoms with van der Waals surface area (Å²) in [6.07, 6.45) is 1.02. The van der Waals surface area contributed by atoms with Gasteiger partial charge in [-0.25, -0.2) is 4.79 Å². The number of benzene rings is 3. The summed E-state index contributed by atoms with van der Waals surface area (Å²) in [6, 6.07) is 23.8. The highest BCUT2D eigenvalue weighted by Gasteiger charge is 2.27. The summed E-state index contributed by atoms with van der Waals surface area (Å²) in [5.41, 5.74) is 6.57. The quantitative estimate of drug-likeness (QED) is 0.372. The van der Waals surface area contributed by atoms with Gasteiger partial charge < -0.3 is 20.3 Å². The normalized spacial score (nSPS) is 13.9. The van der Waals surface area contributed by atoms with Crippen LogP contribution in [0.25, 0.3) is 5.57 Å². The molecule has 1 aliphatic rings. The van der Waals surface area contributed by atoms with Crippen LogP contribution in [0.3, 0.4) is 0 Å². The Kier molecular flexibility index (Phi) is 7.09. The van der Waals surface area contributed by atoms with E-state index in [1.807, 2.05) is 25.1 Å². The fourth-order valence-electron chi connectivity index (χ4n) is 4.12. The highest BCUT2D eigenvalue weighted by molar-refractivity contribution is 6.32. The maximum atomic E-state index is 12.6. The minimum Gasteiger partial charge on any atom is -0.465 e. The van der Waals surface area contributed by atoms with Crippen LogP contribution in [0.1, 0.15) is 34.0 Å². The van der Waals surface area contributed by atoms with Gasteiger partial charge in [0.2, 0.25) is 0 Å². The fraction of sp³-hybridized carbons (Fsp3) is 0.214. The molecular weight excluding hydrogens is 426 g/mol. The van der Waals surface area contributed by atoms with Gasteiger partial charge in [-0.1, -0.05) is 48.5 Å². The number of amides is 1. The lowest BCUT2D eigenvalue weighted by Gasteiger charge is -2.17. The number of hydrogen-bond donors (Lipinski definition) is 2. The summed E-state index contributed by atoms with van der Waals surface area (Å²) in [7, 11) is 3.47. The number of ether oxygens (including phenoxy) is 1. The first kappa shape index (κ1) is 23.3. The highest BCUT2D eigenvalue weighted by Crippen LogP contribution is 2.35. The van der Waals surface area contributed by atoms with Gasteiger partial charge in [-0.05, 0) is 55.8 Å². The van der Waals surface area contributed by atoms with Crippen LogP contribution in [0.15, 0.2) is 78.5 Å². The molecule has 2 N–H and O–H groups in total. The molecule has 0 saturated heterocycles. The lowest BCUT2D eigenvalue weighted by molar-refractivity contribution is -0.110. The molecule has 0 bridgehead atoms. The van der Waals surface area contributed by atoms with E-state index in [1.165, 1.54) is 18.2 Å². The van der Waals surface area contributed by atoms with Crippen molar-refractivity contribution in [3.63, 3.8) is 0 Å². The average molecular weight is 456 g/mol. The second kappa shape index (κ2) is 10.4. The van der Waals surface area contributed by atoms with Crippen LogP contribution < -0.4 is 10.6 Å². The lowest BCUT2D eigenvalue weighted by atomic mass is 10.0. The molecule has 1 amide bonds. The van der Waals surface area contributed by atoms with Crippen molar-refractivity contribution in [3.05, 3.63) is 101 Å². The summed E-state index contributed by atoms with van der Waals surface area (Å²) >= 11 is 0. The Labute approximate surface area is 200 Å². The largest absolute Gasteiger partial charge is 0.465 e. The second-order valence-electron chi connectivity index (χ2n) is 8.50. The van der Waals surface area contributed by atoms with Gasteiger partial charge in [0, 0.05) is 30.0 Å². The molecule has 6 heteroatoms. The van der Waals surface area contributed by atoms with Gasteiger partial charge in [-0.15, -0.1) is 0 Å². The third-order valence-electron chi connectivity index (χ3n) is 5.92. The van der Waals surface area contributed by atoms with E-state index in [1.54, 1.807) is 18.2 Å². The number of rotatable bonds is 8. The minimum atomic E-state index is -0.435. The molecule has 3 aromatic rings. The molecule has 0 unspecified atom stereocenters. The Balaban J connectivity index is 1.40. The van der Waals surface area contributed by atoms with Gasteiger partial charge in [0.05, 0.1) is 23.9 Å². The van der Waals surface area contributed by atoms with E-state index in [-0.39, 0.29) is 5.91 Å². The summed E-state index contributed by atoms with van der Waals surface area (Å²) in [5.74, 6) is -0.631. The number of carbonyl (C=O) groups excluding carboxylic acids is 2. The van der Waals surface area contributed by atoms with Crippen molar-refractivity contribution in [2.75, 3.05) is 31.3 Å². The second-order valence-corrected chi connectivity index (χ2v) is 8.50. The van der Waals surface area contributed by atoms with Crippen molar-refractivity contribution in [2.24, 2.45) is 0 Å². The standard InChI is InChI=1S/C28H29N3O3/c1-19(26-24-14-11-22(28(33)34-3)17-25(24)30-27(26)32)29-23-12-9-21(10-13-23)18-31(2)16-15-20-7-5-4-6-8-20/h4-14,17,29H,15-16,18H2,1-3H3,(H,30,32). The average Bonchev–Trinajstić information content (AvgIpc) is 3.19. The summed E-state index contributed by atoms with van der Waals surface area (Å²) in [5, 5.41) is 6.18. The topological polar surface area (TPSA) is 70.7 Å². The van der Waals surface area contributed by atoms with E-state index in [0.29, 0.717) is 16.8 Å². The van der Waals surface area contributed by atoms with Crippen LogP contribution in [0, 0.1) is 0 Å². The van der Waals surface area contributed by atoms with Gasteiger partial charge in [0.1, 0.15) is 0 Å². The maximum Gasteiger partial charge on any atom is 0.337 e. The van der Waals surface area contributed by atoms with Gasteiger partial charge >= 0.3 is 5.97 Å². The van der Waals surface area contributed by atoms with Crippen molar-refractivity contribution in [1.82, 2.24) is 4.90 Å². The minimum absolute atomic E-state index is 0.196. The highest BCUT2D eigenvalue weighted by atomic mass is 16.5. The first-order valence-electron chi connectivity index (χ1n) is 11.3. The van der Waals surface area contributed by atoms with Crippen LogP contribution in [0.2, 0.25) is 0 Å². The van der Waals surface area contributed by atoms with Crippen molar-refractivity contribution in [3.8, 4) is 0 Å². The predicted molar refractivity (Wildman–Crippen MR) is 136 cm³/mol. The van der Waals surface area contributed by atoms with Gasteiger partial charge in [0.15, 0.2) is 0 Å². The summed E-state index contributed by atoms with van der Waals surface area (Å²) in [4.78, 5) is 26.7. The van der Waals surface area contributed by atoms with Crippen LogP contribution in [0.4, 0.5) is 11.4 Å². The number of fused-ring (bicyclic) bond motifs is 1. The number of nitrogens with zero attached hydrogens (tertiary/aromatic N) is 1. The molecule has 0 spiro atoms. The summed E-state index contributed by atoms with van der Waals surface area (Å²) in [6.45, 7) is 3.73. The molecule has 6 nitrogen and oxygen atoms in total. The monoisotopic (exact) mass is 455 g/mol. The number of allylic oxidation sites excluding steroid dienone is 1. The van der Waals surface area contributed by atoms with E-state index < -0.39 is 5.97 Å². The first-order chi connectivity index (χ1) is 16.4. The molecule has 0 radical (unpaired) electrons. The SMILES string of the molecule is COC(=O)c1ccc2c(c1)NC(=O)C2=C(C)Nc1ccc(CN(C)CCc2ccccc2)cc1. The number of anilines is 2. The van der Waals surface area contributed by atoms with Crippen LogP contribution in [0.5, 0.6) is 0 Å². The number of nitrogens with one attached hydrogen (secondary N) is 2. The molecule has 3 aromatic carbocycles. The maximum absolute atomic E-state index is 12.6. The molecule has 1 aliphatic heterocycles. The Morgan fingerprint density at radius 2 is 1.74 bits per heavy atom. The summed E-state index contributed by atoms with van der Waals surface area (Å²) < 4.78 is 4.76. The van der Waals surface area contributed by atoms with Crippen molar-refractivity contribution in [2.45, 2.75) is 19.9 Å². The van der Waals surface area contributed by atoms with Crippen LogP contribution >= 0.6 is 0 Å². The zero-order valence-electron chi connectivity index (χ0n) is 19.7. The molecular formula is C28H29N3O3. The zero-order chi connectivity index (χ0) is 24.1. The lowest BCUT2D eigenvalue weighted by Crippen LogP contribution is -2.20. The van der Waals surface area contributed by atoms with Crippen molar-refractivity contribution < 1.29 is 14.3 Å².